The van der Waals surface area contributed by atoms with Crippen LogP contribution >= 0.6 is 31.9 Å². The lowest BCUT2D eigenvalue weighted by molar-refractivity contribution is -0.384. The quantitative estimate of drug-likeness (QED) is 0.0446. The number of rotatable bonds is 9. The summed E-state index contributed by atoms with van der Waals surface area (Å²) >= 11 is 6.66. The number of non-ortho nitro benzene ring substituents is 1. The molecule has 0 unspecified atom stereocenters. The van der Waals surface area contributed by atoms with E-state index in [-0.39, 0.29) is 28.3 Å². The van der Waals surface area contributed by atoms with Crippen molar-refractivity contribution in [3.8, 4) is 5.75 Å². The largest absolute Gasteiger partial charge is 0.421 e. The predicted octanol–water partition coefficient (Wildman–Crippen LogP) is 7.77. The first kappa shape index (κ1) is 33.7. The van der Waals surface area contributed by atoms with Crippen LogP contribution in [0.5, 0.6) is 5.75 Å². The molecule has 0 saturated carbocycles. The number of ether oxygens (including phenoxy) is 1. The van der Waals surface area contributed by atoms with Crippen molar-refractivity contribution in [2.75, 3.05) is 5.32 Å². The number of halogens is 5. The molecular formula is C31H19Br2F3N4O6. The molecule has 0 aliphatic heterocycles. The molecule has 2 N–H and O–H groups in total. The van der Waals surface area contributed by atoms with Crippen molar-refractivity contribution >= 4 is 73.3 Å². The Hall–Kier alpha value is -5.15. The van der Waals surface area contributed by atoms with Gasteiger partial charge in [0.05, 0.1) is 21.2 Å². The number of nitro benzene ring substituents is 1. The van der Waals surface area contributed by atoms with E-state index in [1.807, 2.05) is 0 Å². The molecular weight excluding hydrogens is 741 g/mol. The third-order valence-corrected chi connectivity index (χ3v) is 7.01. The van der Waals surface area contributed by atoms with E-state index in [0.717, 1.165) is 24.3 Å². The van der Waals surface area contributed by atoms with E-state index in [0.29, 0.717) is 20.1 Å². The van der Waals surface area contributed by atoms with E-state index in [1.54, 1.807) is 12.1 Å². The molecule has 234 valence electrons. The van der Waals surface area contributed by atoms with Gasteiger partial charge in [-0.2, -0.15) is 18.3 Å². The average molecular weight is 760 g/mol. The molecule has 0 atom stereocenters. The Kier molecular flexibility index (Phi) is 10.8. The number of anilines is 1. The highest BCUT2D eigenvalue weighted by molar-refractivity contribution is 9.11. The maximum absolute atomic E-state index is 13.0. The SMILES string of the molecule is O=C(/C=C/c1ccc([N+](=O)[O-])cc1)Oc1c(Br)cc(Br)cc1C=NNC(=O)c1cccc(NC(=O)c2cccc(C(F)(F)F)c2)c1. The van der Waals surface area contributed by atoms with Crippen molar-refractivity contribution in [2.45, 2.75) is 6.18 Å². The minimum atomic E-state index is -4.61. The van der Waals surface area contributed by atoms with Gasteiger partial charge in [-0.05, 0) is 88.2 Å². The molecule has 0 aliphatic rings. The van der Waals surface area contributed by atoms with Gasteiger partial charge in [0, 0.05) is 45.1 Å². The topological polar surface area (TPSA) is 140 Å². The van der Waals surface area contributed by atoms with E-state index < -0.39 is 34.4 Å². The zero-order valence-electron chi connectivity index (χ0n) is 23.0. The second kappa shape index (κ2) is 14.8. The normalized spacial score (nSPS) is 11.4. The summed E-state index contributed by atoms with van der Waals surface area (Å²) in [6.45, 7) is 0. The third-order valence-electron chi connectivity index (χ3n) is 5.96. The minimum absolute atomic E-state index is 0.0810. The second-order valence-corrected chi connectivity index (χ2v) is 11.0. The van der Waals surface area contributed by atoms with E-state index in [1.165, 1.54) is 66.9 Å². The summed E-state index contributed by atoms with van der Waals surface area (Å²) < 4.78 is 45.5. The summed E-state index contributed by atoms with van der Waals surface area (Å²) in [5.74, 6) is -2.15. The Labute approximate surface area is 275 Å². The molecule has 0 saturated heterocycles. The maximum Gasteiger partial charge on any atom is 0.416 e. The number of alkyl halides is 3. The van der Waals surface area contributed by atoms with Gasteiger partial charge in [0.2, 0.25) is 0 Å². The predicted molar refractivity (Wildman–Crippen MR) is 171 cm³/mol. The van der Waals surface area contributed by atoms with Gasteiger partial charge < -0.3 is 10.1 Å². The Balaban J connectivity index is 1.42. The summed E-state index contributed by atoms with van der Waals surface area (Å²) in [5.41, 5.74) is 2.10. The molecule has 2 amide bonds. The van der Waals surface area contributed by atoms with Crippen molar-refractivity contribution in [2.24, 2.45) is 5.10 Å². The average Bonchev–Trinajstić information content (AvgIpc) is 3.01. The number of hydrazone groups is 1. The van der Waals surface area contributed by atoms with Crippen LogP contribution in [0.3, 0.4) is 0 Å². The van der Waals surface area contributed by atoms with Crippen LogP contribution in [-0.2, 0) is 11.0 Å². The third kappa shape index (κ3) is 9.18. The second-order valence-electron chi connectivity index (χ2n) is 9.22. The zero-order chi connectivity index (χ0) is 33.4. The van der Waals surface area contributed by atoms with Crippen LogP contribution in [0, 0.1) is 10.1 Å². The smallest absolute Gasteiger partial charge is 0.416 e. The van der Waals surface area contributed by atoms with Crippen molar-refractivity contribution in [1.29, 1.82) is 0 Å². The highest BCUT2D eigenvalue weighted by Crippen LogP contribution is 2.33. The number of benzene rings is 4. The first-order chi connectivity index (χ1) is 21.8. The number of nitrogens with zero attached hydrogens (tertiary/aromatic N) is 2. The lowest BCUT2D eigenvalue weighted by Crippen LogP contribution is -2.18. The fourth-order valence-electron chi connectivity index (χ4n) is 3.79. The molecule has 15 heteroatoms. The summed E-state index contributed by atoms with van der Waals surface area (Å²) in [4.78, 5) is 48.1. The first-order valence-corrected chi connectivity index (χ1v) is 14.4. The standard InChI is InChI=1S/C31H19Br2F3N4O6/c32-23-14-21(28(26(33)16-23)46-27(41)12-9-18-7-10-25(11-8-18)40(44)45)17-37-39-30(43)20-4-2-6-24(15-20)38-29(42)19-3-1-5-22(13-19)31(34,35)36/h1-17H,(H,38,42)(H,39,43)/b12-9+,37-17?. The van der Waals surface area contributed by atoms with Gasteiger partial charge >= 0.3 is 12.1 Å². The van der Waals surface area contributed by atoms with Gasteiger partial charge in [-0.15, -0.1) is 0 Å². The van der Waals surface area contributed by atoms with Crippen molar-refractivity contribution in [3.63, 3.8) is 0 Å². The fourth-order valence-corrected chi connectivity index (χ4v) is 5.13. The summed E-state index contributed by atoms with van der Waals surface area (Å²) in [5, 5.41) is 17.2. The lowest BCUT2D eigenvalue weighted by atomic mass is 10.1. The Morgan fingerprint density at radius 3 is 2.24 bits per heavy atom. The van der Waals surface area contributed by atoms with Crippen LogP contribution in [0.15, 0.2) is 105 Å². The maximum atomic E-state index is 13.0. The van der Waals surface area contributed by atoms with Gasteiger partial charge in [-0.3, -0.25) is 19.7 Å². The van der Waals surface area contributed by atoms with Crippen LogP contribution in [0.1, 0.15) is 37.4 Å². The molecule has 0 heterocycles. The summed E-state index contributed by atoms with van der Waals surface area (Å²) in [7, 11) is 0. The molecule has 10 nitrogen and oxygen atoms in total. The highest BCUT2D eigenvalue weighted by atomic mass is 79.9. The molecule has 0 radical (unpaired) electrons. The first-order valence-electron chi connectivity index (χ1n) is 12.9. The molecule has 4 aromatic carbocycles. The number of nitrogens with one attached hydrogen (secondary N) is 2. The summed E-state index contributed by atoms with van der Waals surface area (Å²) in [6, 6.07) is 18.3. The fraction of sp³-hybridized carbons (Fsp3) is 0.0323. The van der Waals surface area contributed by atoms with E-state index >= 15 is 0 Å². The van der Waals surface area contributed by atoms with Gasteiger partial charge in [0.1, 0.15) is 0 Å². The molecule has 0 spiro atoms. The van der Waals surface area contributed by atoms with E-state index in [9.17, 15) is 37.7 Å². The molecule has 0 aliphatic carbocycles. The van der Waals surface area contributed by atoms with Gasteiger partial charge in [0.25, 0.3) is 17.5 Å². The van der Waals surface area contributed by atoms with E-state index in [2.05, 4.69) is 47.7 Å². The number of amides is 2. The van der Waals surface area contributed by atoms with Gasteiger partial charge in [-0.1, -0.05) is 28.1 Å². The van der Waals surface area contributed by atoms with Crippen molar-refractivity contribution < 1.29 is 37.2 Å². The minimum Gasteiger partial charge on any atom is -0.421 e. The van der Waals surface area contributed by atoms with Gasteiger partial charge in [-0.25, -0.2) is 10.2 Å². The Morgan fingerprint density at radius 1 is 0.891 bits per heavy atom. The van der Waals surface area contributed by atoms with E-state index in [4.69, 9.17) is 4.74 Å². The molecule has 0 bridgehead atoms. The number of esters is 1. The number of carbonyl (C=O) groups excluding carboxylic acids is 3. The Morgan fingerprint density at radius 2 is 1.57 bits per heavy atom. The Bertz CT molecular complexity index is 1880. The van der Waals surface area contributed by atoms with Crippen LogP contribution < -0.4 is 15.5 Å². The van der Waals surface area contributed by atoms with Crippen LogP contribution in [-0.4, -0.2) is 28.9 Å². The lowest BCUT2D eigenvalue weighted by Gasteiger charge is -2.10. The molecule has 0 fully saturated rings. The highest BCUT2D eigenvalue weighted by Gasteiger charge is 2.31. The number of nitro groups is 1. The van der Waals surface area contributed by atoms with Crippen molar-refractivity contribution in [1.82, 2.24) is 5.43 Å². The van der Waals surface area contributed by atoms with Gasteiger partial charge in [0.15, 0.2) is 5.75 Å². The zero-order valence-corrected chi connectivity index (χ0v) is 26.2. The number of hydrogen-bond acceptors (Lipinski definition) is 7. The van der Waals surface area contributed by atoms with Crippen molar-refractivity contribution in [3.05, 3.63) is 138 Å². The molecule has 4 rings (SSSR count). The van der Waals surface area contributed by atoms with Crippen LogP contribution in [0.25, 0.3) is 6.08 Å². The molecule has 0 aromatic heterocycles. The number of hydrogen-bond donors (Lipinski definition) is 2. The molecule has 46 heavy (non-hydrogen) atoms. The van der Waals surface area contributed by atoms with Crippen LogP contribution in [0.4, 0.5) is 24.5 Å². The number of carbonyl (C=O) groups is 3. The van der Waals surface area contributed by atoms with Crippen LogP contribution in [0.2, 0.25) is 0 Å². The molecule has 4 aromatic rings. The summed E-state index contributed by atoms with van der Waals surface area (Å²) in [6.07, 6.45) is -0.827. The monoisotopic (exact) mass is 758 g/mol.